The molecule has 7 heteroatoms. The molecule has 0 aliphatic heterocycles. The van der Waals surface area contributed by atoms with Crippen molar-refractivity contribution < 1.29 is 28.5 Å². The summed E-state index contributed by atoms with van der Waals surface area (Å²) in [5.41, 5.74) is 0. The van der Waals surface area contributed by atoms with Gasteiger partial charge in [0.1, 0.15) is 12.4 Å². The highest BCUT2D eigenvalue weighted by molar-refractivity contribution is 7.46. The van der Waals surface area contributed by atoms with Gasteiger partial charge < -0.3 is 9.79 Å². The molecule has 0 aromatic rings. The lowest BCUT2D eigenvalue weighted by molar-refractivity contribution is -0.127. The molecule has 12 heavy (non-hydrogen) atoms. The van der Waals surface area contributed by atoms with E-state index in [1.54, 1.807) is 0 Å². The van der Waals surface area contributed by atoms with Crippen LogP contribution < -0.4 is 0 Å². The molecular formula is C5H9O6P. The molecule has 0 aromatic carbocycles. The Morgan fingerprint density at radius 1 is 1.42 bits per heavy atom. The molecule has 0 unspecified atom stereocenters. The number of rotatable bonds is 5. The van der Waals surface area contributed by atoms with E-state index in [-0.39, 0.29) is 12.2 Å². The second-order valence-electron chi connectivity index (χ2n) is 2.18. The van der Waals surface area contributed by atoms with Crippen molar-refractivity contribution in [1.82, 2.24) is 0 Å². The van der Waals surface area contributed by atoms with Crippen molar-refractivity contribution in [2.45, 2.75) is 13.3 Å². The monoisotopic (exact) mass is 196 g/mol. The summed E-state index contributed by atoms with van der Waals surface area (Å²) >= 11 is 0. The van der Waals surface area contributed by atoms with Crippen molar-refractivity contribution >= 4 is 19.4 Å². The third-order valence-corrected chi connectivity index (χ3v) is 1.31. The summed E-state index contributed by atoms with van der Waals surface area (Å²) in [5, 5.41) is 0. The number of phosphoric ester groups is 1. The van der Waals surface area contributed by atoms with Crippen LogP contribution in [0, 0.1) is 0 Å². The molecule has 0 amide bonds. The first kappa shape index (κ1) is 11.4. The summed E-state index contributed by atoms with van der Waals surface area (Å²) < 4.78 is 13.9. The Morgan fingerprint density at radius 3 is 2.25 bits per heavy atom. The average Bonchev–Trinajstić information content (AvgIpc) is 1.80. The Labute approximate surface area is 68.8 Å². The van der Waals surface area contributed by atoms with Crippen LogP contribution in [-0.2, 0) is 18.7 Å². The third-order valence-electron chi connectivity index (χ3n) is 0.840. The largest absolute Gasteiger partial charge is 0.470 e. The van der Waals surface area contributed by atoms with E-state index in [0.717, 1.165) is 0 Å². The molecular weight excluding hydrogens is 187 g/mol. The number of carbonyl (C=O) groups is 2. The van der Waals surface area contributed by atoms with Crippen molar-refractivity contribution in [3.63, 3.8) is 0 Å². The molecule has 0 aliphatic rings. The fourth-order valence-corrected chi connectivity index (χ4v) is 0.797. The van der Waals surface area contributed by atoms with E-state index in [1.165, 1.54) is 6.92 Å². The maximum Gasteiger partial charge on any atom is 0.470 e. The van der Waals surface area contributed by atoms with Crippen molar-refractivity contribution in [3.8, 4) is 0 Å². The first-order chi connectivity index (χ1) is 5.31. The van der Waals surface area contributed by atoms with Crippen LogP contribution in [0.3, 0.4) is 0 Å². The van der Waals surface area contributed by atoms with Crippen LogP contribution in [0.1, 0.15) is 13.3 Å². The summed E-state index contributed by atoms with van der Waals surface area (Å²) in [6.45, 7) is 0.471. The second kappa shape index (κ2) is 4.47. The zero-order valence-corrected chi connectivity index (χ0v) is 7.28. The van der Waals surface area contributed by atoms with Crippen LogP contribution in [-0.4, -0.2) is 28.0 Å². The summed E-state index contributed by atoms with van der Waals surface area (Å²) in [5.74, 6) is -1.01. The van der Waals surface area contributed by atoms with E-state index >= 15 is 0 Å². The molecule has 0 heterocycles. The van der Waals surface area contributed by atoms with E-state index in [9.17, 15) is 14.2 Å². The highest BCUT2D eigenvalue weighted by atomic mass is 31.2. The van der Waals surface area contributed by atoms with Crippen LogP contribution in [0.5, 0.6) is 0 Å². The molecule has 0 fully saturated rings. The number of ketones is 2. The molecule has 0 aliphatic carbocycles. The van der Waals surface area contributed by atoms with E-state index in [4.69, 9.17) is 9.79 Å². The highest BCUT2D eigenvalue weighted by Gasteiger charge is 2.16. The maximum absolute atomic E-state index is 10.6. The molecule has 0 bridgehead atoms. The number of hydrogen-bond donors (Lipinski definition) is 2. The first-order valence-electron chi connectivity index (χ1n) is 3.02. The van der Waals surface area contributed by atoms with Gasteiger partial charge in [-0.1, -0.05) is 0 Å². The smallest absolute Gasteiger partial charge is 0.303 e. The van der Waals surface area contributed by atoms with Gasteiger partial charge in [-0.3, -0.25) is 14.1 Å². The van der Waals surface area contributed by atoms with Gasteiger partial charge in [-0.2, -0.15) is 0 Å². The number of hydrogen-bond acceptors (Lipinski definition) is 4. The fourth-order valence-electron chi connectivity index (χ4n) is 0.485. The van der Waals surface area contributed by atoms with Crippen molar-refractivity contribution in [3.05, 3.63) is 0 Å². The van der Waals surface area contributed by atoms with Crippen molar-refractivity contribution in [2.75, 3.05) is 6.61 Å². The Balaban J connectivity index is 3.73. The topological polar surface area (TPSA) is 101 Å². The fraction of sp³-hybridized carbons (Fsp3) is 0.600. The Kier molecular flexibility index (Phi) is 4.26. The average molecular weight is 196 g/mol. The van der Waals surface area contributed by atoms with Crippen molar-refractivity contribution in [1.29, 1.82) is 0 Å². The van der Waals surface area contributed by atoms with E-state index in [0.29, 0.717) is 0 Å². The van der Waals surface area contributed by atoms with Gasteiger partial charge in [0.15, 0.2) is 5.78 Å². The lowest BCUT2D eigenvalue weighted by atomic mass is 10.2. The zero-order chi connectivity index (χ0) is 9.78. The van der Waals surface area contributed by atoms with Gasteiger partial charge in [-0.15, -0.1) is 0 Å². The minimum atomic E-state index is -4.60. The predicted molar refractivity (Wildman–Crippen MR) is 38.3 cm³/mol. The van der Waals surface area contributed by atoms with Crippen LogP contribution >= 0.6 is 7.82 Å². The lowest BCUT2D eigenvalue weighted by Gasteiger charge is -2.02. The quantitative estimate of drug-likeness (QED) is 0.460. The summed E-state index contributed by atoms with van der Waals surface area (Å²) in [6, 6.07) is 0. The zero-order valence-electron chi connectivity index (χ0n) is 6.39. The first-order valence-corrected chi connectivity index (χ1v) is 4.55. The molecule has 0 spiro atoms. The summed E-state index contributed by atoms with van der Waals surface area (Å²) in [6.07, 6.45) is -0.361. The third kappa shape index (κ3) is 7.56. The van der Waals surface area contributed by atoms with Crippen LogP contribution in [0.25, 0.3) is 0 Å². The number of phosphoric acid groups is 1. The standard InChI is InChI=1S/C5H9O6P/c1-4(6)2-5(7)3-11-12(8,9)10/h2-3H2,1H3,(H2,8,9,10). The van der Waals surface area contributed by atoms with Gasteiger partial charge in [-0.05, 0) is 6.92 Å². The lowest BCUT2D eigenvalue weighted by Crippen LogP contribution is -2.10. The Morgan fingerprint density at radius 2 is 1.92 bits per heavy atom. The van der Waals surface area contributed by atoms with Crippen LogP contribution in [0.2, 0.25) is 0 Å². The summed E-state index contributed by atoms with van der Waals surface area (Å²) in [7, 11) is -4.60. The van der Waals surface area contributed by atoms with Gasteiger partial charge in [0.2, 0.25) is 0 Å². The number of carbonyl (C=O) groups excluding carboxylic acids is 2. The Hall–Kier alpha value is -0.550. The molecule has 0 saturated carbocycles. The molecule has 0 rings (SSSR count). The van der Waals surface area contributed by atoms with Gasteiger partial charge >= 0.3 is 7.82 Å². The van der Waals surface area contributed by atoms with Crippen molar-refractivity contribution in [2.24, 2.45) is 0 Å². The second-order valence-corrected chi connectivity index (χ2v) is 3.42. The minimum absolute atomic E-state index is 0.361. The highest BCUT2D eigenvalue weighted by Crippen LogP contribution is 2.35. The summed E-state index contributed by atoms with van der Waals surface area (Å²) in [4.78, 5) is 37.2. The van der Waals surface area contributed by atoms with Gasteiger partial charge in [0.05, 0.1) is 6.42 Å². The SMILES string of the molecule is CC(=O)CC(=O)COP(=O)(O)O. The minimum Gasteiger partial charge on any atom is -0.303 e. The molecule has 70 valence electrons. The normalized spacial score (nSPS) is 11.2. The van der Waals surface area contributed by atoms with Gasteiger partial charge in [0, 0.05) is 0 Å². The van der Waals surface area contributed by atoms with E-state index in [2.05, 4.69) is 4.52 Å². The molecule has 6 nitrogen and oxygen atoms in total. The number of Topliss-reactive ketones (excluding diaryl/α,β-unsaturated/α-hetero) is 2. The van der Waals surface area contributed by atoms with Crippen LogP contribution in [0.4, 0.5) is 0 Å². The van der Waals surface area contributed by atoms with Crippen LogP contribution in [0.15, 0.2) is 0 Å². The van der Waals surface area contributed by atoms with E-state index < -0.39 is 20.2 Å². The molecule has 0 radical (unpaired) electrons. The van der Waals surface area contributed by atoms with Gasteiger partial charge in [-0.25, -0.2) is 4.57 Å². The Bertz CT molecular complexity index is 228. The molecule has 0 aromatic heterocycles. The van der Waals surface area contributed by atoms with Gasteiger partial charge in [0.25, 0.3) is 0 Å². The molecule has 0 saturated heterocycles. The molecule has 0 atom stereocenters. The molecule has 2 N–H and O–H groups in total. The predicted octanol–water partition coefficient (Wildman–Crippen LogP) is -0.356. The van der Waals surface area contributed by atoms with E-state index in [1.807, 2.05) is 0 Å². The maximum atomic E-state index is 10.6.